The topological polar surface area (TPSA) is 49.4 Å². The number of carbonyl (C=O) groups is 2. The fourth-order valence-corrected chi connectivity index (χ4v) is 2.80. The zero-order valence-corrected chi connectivity index (χ0v) is 13.2. The van der Waals surface area contributed by atoms with Crippen LogP contribution in [0.15, 0.2) is 18.2 Å². The van der Waals surface area contributed by atoms with E-state index in [9.17, 15) is 9.59 Å². The lowest BCUT2D eigenvalue weighted by molar-refractivity contribution is -0.123. The first-order chi connectivity index (χ1) is 9.97. The van der Waals surface area contributed by atoms with Gasteiger partial charge in [0.25, 0.3) is 0 Å². The summed E-state index contributed by atoms with van der Waals surface area (Å²) in [5.74, 6) is -0.287. The van der Waals surface area contributed by atoms with E-state index in [0.717, 1.165) is 31.2 Å². The highest BCUT2D eigenvalue weighted by Gasteiger charge is 2.21. The van der Waals surface area contributed by atoms with Gasteiger partial charge in [-0.1, -0.05) is 30.5 Å². The maximum Gasteiger partial charge on any atom is 0.240 e. The third kappa shape index (κ3) is 4.21. The molecule has 0 saturated heterocycles. The van der Waals surface area contributed by atoms with Crippen molar-refractivity contribution in [2.24, 2.45) is 0 Å². The first kappa shape index (κ1) is 15.8. The van der Waals surface area contributed by atoms with Crippen molar-refractivity contribution in [2.75, 3.05) is 11.4 Å². The molecule has 1 aromatic carbocycles. The minimum atomic E-state index is -0.170. The number of anilines is 1. The van der Waals surface area contributed by atoms with Crippen LogP contribution < -0.4 is 10.2 Å². The zero-order valence-electron chi connectivity index (χ0n) is 12.5. The zero-order chi connectivity index (χ0) is 15.4. The summed E-state index contributed by atoms with van der Waals surface area (Å²) in [7, 11) is 0. The van der Waals surface area contributed by atoms with E-state index < -0.39 is 0 Å². The summed E-state index contributed by atoms with van der Waals surface area (Å²) in [4.78, 5) is 25.4. The van der Waals surface area contributed by atoms with Gasteiger partial charge >= 0.3 is 0 Å². The van der Waals surface area contributed by atoms with Gasteiger partial charge < -0.3 is 10.2 Å². The minimum absolute atomic E-state index is 0.0330. The number of aryl methyl sites for hydroxylation is 1. The predicted octanol–water partition coefficient (Wildman–Crippen LogP) is 3.06. The van der Waals surface area contributed by atoms with Gasteiger partial charge in [-0.3, -0.25) is 9.59 Å². The Balaban J connectivity index is 2.06. The highest BCUT2D eigenvalue weighted by Crippen LogP contribution is 2.23. The molecule has 21 heavy (non-hydrogen) atoms. The van der Waals surface area contributed by atoms with Gasteiger partial charge in [0.15, 0.2) is 0 Å². The van der Waals surface area contributed by atoms with Crippen LogP contribution in [0.5, 0.6) is 0 Å². The number of hydrogen-bond acceptors (Lipinski definition) is 2. The van der Waals surface area contributed by atoms with Crippen LogP contribution in [0.25, 0.3) is 0 Å². The molecule has 1 aromatic rings. The summed E-state index contributed by atoms with van der Waals surface area (Å²) in [6.07, 6.45) is 4.38. The van der Waals surface area contributed by atoms with Crippen LogP contribution in [0.4, 0.5) is 5.69 Å². The lowest BCUT2D eigenvalue weighted by Gasteiger charge is -2.22. The Morgan fingerprint density at radius 2 is 2.00 bits per heavy atom. The molecule has 0 radical (unpaired) electrons. The molecule has 0 unspecified atom stereocenters. The molecular formula is C16H21ClN2O2. The largest absolute Gasteiger partial charge is 0.352 e. The Kier molecular flexibility index (Phi) is 5.23. The first-order valence-corrected chi connectivity index (χ1v) is 7.69. The summed E-state index contributed by atoms with van der Waals surface area (Å²) in [6, 6.07) is 5.64. The SMILES string of the molecule is CC(=O)N(CC(=O)NC1CCCC1)c1ccc(C)c(Cl)c1. The Morgan fingerprint density at radius 3 is 2.57 bits per heavy atom. The van der Waals surface area contributed by atoms with Crippen LogP contribution in [0, 0.1) is 6.92 Å². The molecule has 5 heteroatoms. The fourth-order valence-electron chi connectivity index (χ4n) is 2.62. The van der Waals surface area contributed by atoms with Crippen LogP contribution in [0.3, 0.4) is 0 Å². The lowest BCUT2D eigenvalue weighted by atomic mass is 10.2. The minimum Gasteiger partial charge on any atom is -0.352 e. The molecule has 2 amide bonds. The van der Waals surface area contributed by atoms with Crippen LogP contribution in [0.2, 0.25) is 5.02 Å². The average molecular weight is 309 g/mol. The molecule has 4 nitrogen and oxygen atoms in total. The molecule has 0 bridgehead atoms. The van der Waals surface area contributed by atoms with Crippen molar-refractivity contribution in [2.45, 2.75) is 45.6 Å². The predicted molar refractivity (Wildman–Crippen MR) is 84.6 cm³/mol. The summed E-state index contributed by atoms with van der Waals surface area (Å²) in [5.41, 5.74) is 1.60. The second-order valence-electron chi connectivity index (χ2n) is 5.59. The van der Waals surface area contributed by atoms with Crippen LogP contribution in [-0.4, -0.2) is 24.4 Å². The van der Waals surface area contributed by atoms with Gasteiger partial charge in [-0.25, -0.2) is 0 Å². The highest BCUT2D eigenvalue weighted by molar-refractivity contribution is 6.31. The number of carbonyl (C=O) groups excluding carboxylic acids is 2. The number of halogens is 1. The maximum absolute atomic E-state index is 12.1. The van der Waals surface area contributed by atoms with E-state index in [2.05, 4.69) is 5.32 Å². The van der Waals surface area contributed by atoms with Crippen LogP contribution in [-0.2, 0) is 9.59 Å². The molecule has 2 rings (SSSR count). The number of rotatable bonds is 4. The second kappa shape index (κ2) is 6.94. The van der Waals surface area contributed by atoms with Crippen LogP contribution in [0.1, 0.15) is 38.2 Å². The summed E-state index contributed by atoms with van der Waals surface area (Å²) in [5, 5.41) is 3.59. The van der Waals surface area contributed by atoms with Crippen molar-refractivity contribution in [1.82, 2.24) is 5.32 Å². The second-order valence-corrected chi connectivity index (χ2v) is 5.99. The normalized spacial score (nSPS) is 15.0. The number of amides is 2. The summed E-state index contributed by atoms with van der Waals surface area (Å²) in [6.45, 7) is 3.39. The van der Waals surface area contributed by atoms with Gasteiger partial charge in [-0.2, -0.15) is 0 Å². The Hall–Kier alpha value is -1.55. The first-order valence-electron chi connectivity index (χ1n) is 7.31. The molecule has 1 fully saturated rings. The average Bonchev–Trinajstić information content (AvgIpc) is 2.92. The Labute approximate surface area is 130 Å². The van der Waals surface area contributed by atoms with E-state index in [0.29, 0.717) is 10.7 Å². The molecule has 0 aliphatic heterocycles. The Bertz CT molecular complexity index is 539. The molecule has 1 aliphatic carbocycles. The van der Waals surface area contributed by atoms with E-state index in [1.807, 2.05) is 19.1 Å². The fraction of sp³-hybridized carbons (Fsp3) is 0.500. The Morgan fingerprint density at radius 1 is 1.33 bits per heavy atom. The molecule has 1 N–H and O–H groups in total. The summed E-state index contributed by atoms with van der Waals surface area (Å²) >= 11 is 6.10. The van der Waals surface area contributed by atoms with Gasteiger partial charge in [0, 0.05) is 23.7 Å². The molecule has 0 spiro atoms. The number of nitrogens with one attached hydrogen (secondary N) is 1. The van der Waals surface area contributed by atoms with Crippen molar-refractivity contribution in [3.63, 3.8) is 0 Å². The lowest BCUT2D eigenvalue weighted by Crippen LogP contribution is -2.43. The smallest absolute Gasteiger partial charge is 0.240 e. The van der Waals surface area contributed by atoms with E-state index >= 15 is 0 Å². The van der Waals surface area contributed by atoms with E-state index in [1.54, 1.807) is 6.07 Å². The molecule has 1 saturated carbocycles. The summed E-state index contributed by atoms with van der Waals surface area (Å²) < 4.78 is 0. The van der Waals surface area contributed by atoms with Crippen molar-refractivity contribution >= 4 is 29.1 Å². The molecule has 0 aromatic heterocycles. The molecule has 0 atom stereocenters. The molecule has 114 valence electrons. The third-order valence-electron chi connectivity index (χ3n) is 3.87. The van der Waals surface area contributed by atoms with Crippen molar-refractivity contribution in [1.29, 1.82) is 0 Å². The monoisotopic (exact) mass is 308 g/mol. The molecule has 0 heterocycles. The number of benzene rings is 1. The quantitative estimate of drug-likeness (QED) is 0.929. The number of nitrogens with zero attached hydrogens (tertiary/aromatic N) is 1. The maximum atomic E-state index is 12.1. The van der Waals surface area contributed by atoms with E-state index in [1.165, 1.54) is 11.8 Å². The van der Waals surface area contributed by atoms with E-state index in [4.69, 9.17) is 11.6 Å². The molecular weight excluding hydrogens is 288 g/mol. The highest BCUT2D eigenvalue weighted by atomic mass is 35.5. The number of hydrogen-bond donors (Lipinski definition) is 1. The van der Waals surface area contributed by atoms with Crippen molar-refractivity contribution in [3.8, 4) is 0 Å². The van der Waals surface area contributed by atoms with Crippen molar-refractivity contribution < 1.29 is 9.59 Å². The molecule has 1 aliphatic rings. The van der Waals surface area contributed by atoms with Gasteiger partial charge in [0.2, 0.25) is 11.8 Å². The van der Waals surface area contributed by atoms with E-state index in [-0.39, 0.29) is 24.4 Å². The van der Waals surface area contributed by atoms with Crippen LogP contribution >= 0.6 is 11.6 Å². The van der Waals surface area contributed by atoms with Gasteiger partial charge in [0.05, 0.1) is 0 Å². The van der Waals surface area contributed by atoms with Gasteiger partial charge in [-0.05, 0) is 37.5 Å². The van der Waals surface area contributed by atoms with Gasteiger partial charge in [0.1, 0.15) is 6.54 Å². The third-order valence-corrected chi connectivity index (χ3v) is 4.28. The van der Waals surface area contributed by atoms with Crippen molar-refractivity contribution in [3.05, 3.63) is 28.8 Å². The van der Waals surface area contributed by atoms with Gasteiger partial charge in [-0.15, -0.1) is 0 Å². The standard InChI is InChI=1S/C16H21ClN2O2/c1-11-7-8-14(9-15(11)17)19(12(2)20)10-16(21)18-13-5-3-4-6-13/h7-9,13H,3-6,10H2,1-2H3,(H,18,21).